The van der Waals surface area contributed by atoms with E-state index in [1.807, 2.05) is 6.20 Å². The lowest BCUT2D eigenvalue weighted by molar-refractivity contribution is 0.447. The number of nitrogens with zero attached hydrogens (tertiary/aromatic N) is 2. The van der Waals surface area contributed by atoms with Gasteiger partial charge < -0.3 is 10.2 Å². The monoisotopic (exact) mass is 247 g/mol. The minimum Gasteiger partial charge on any atom is -0.354 e. The molecule has 2 rings (SSSR count). The van der Waals surface area contributed by atoms with Crippen LogP contribution in [0.1, 0.15) is 45.1 Å². The predicted molar refractivity (Wildman–Crippen MR) is 76.9 cm³/mol. The molecule has 1 aliphatic rings. The molecule has 1 saturated heterocycles. The number of nitrogens with one attached hydrogen (secondary N) is 1. The molecule has 0 radical (unpaired) electrons. The highest BCUT2D eigenvalue weighted by molar-refractivity contribution is 5.41. The number of hydrogen-bond acceptors (Lipinski definition) is 3. The first-order chi connectivity index (χ1) is 8.85. The number of rotatable bonds is 5. The van der Waals surface area contributed by atoms with Crippen molar-refractivity contribution in [3.63, 3.8) is 0 Å². The van der Waals surface area contributed by atoms with Crippen LogP contribution in [0.5, 0.6) is 0 Å². The lowest BCUT2D eigenvalue weighted by Gasteiger charge is -2.36. The standard InChI is InChI=1S/C15H25N3/c1-3-14-7-5-6-10-18(14)15-9-8-13(12-17-15)11-16-4-2/h8-9,12,14,16H,3-7,10-11H2,1-2H3. The minimum atomic E-state index is 0.686. The van der Waals surface area contributed by atoms with Gasteiger partial charge in [0.05, 0.1) is 0 Å². The van der Waals surface area contributed by atoms with Gasteiger partial charge in [0.2, 0.25) is 0 Å². The van der Waals surface area contributed by atoms with Gasteiger partial charge in [0.1, 0.15) is 5.82 Å². The summed E-state index contributed by atoms with van der Waals surface area (Å²) in [6.07, 6.45) is 7.22. The molecule has 0 saturated carbocycles. The quantitative estimate of drug-likeness (QED) is 0.867. The number of anilines is 1. The van der Waals surface area contributed by atoms with Crippen LogP contribution in [0.2, 0.25) is 0 Å². The Hall–Kier alpha value is -1.09. The van der Waals surface area contributed by atoms with Crippen LogP contribution in [-0.2, 0) is 6.54 Å². The molecular formula is C15H25N3. The van der Waals surface area contributed by atoms with Crippen molar-refractivity contribution in [2.75, 3.05) is 18.0 Å². The molecule has 18 heavy (non-hydrogen) atoms. The van der Waals surface area contributed by atoms with Gasteiger partial charge in [-0.3, -0.25) is 0 Å². The van der Waals surface area contributed by atoms with Crippen LogP contribution in [0, 0.1) is 0 Å². The van der Waals surface area contributed by atoms with Crippen molar-refractivity contribution < 1.29 is 0 Å². The van der Waals surface area contributed by atoms with Crippen molar-refractivity contribution in [2.24, 2.45) is 0 Å². The Morgan fingerprint density at radius 1 is 1.33 bits per heavy atom. The molecular weight excluding hydrogens is 222 g/mol. The Labute approximate surface area is 111 Å². The second kappa shape index (κ2) is 6.74. The molecule has 1 atom stereocenters. The molecule has 0 aliphatic carbocycles. The maximum atomic E-state index is 4.64. The SMILES string of the molecule is CCNCc1ccc(N2CCCCC2CC)nc1. The molecule has 2 heterocycles. The fraction of sp³-hybridized carbons (Fsp3) is 0.667. The van der Waals surface area contributed by atoms with Gasteiger partial charge in [0, 0.05) is 25.3 Å². The van der Waals surface area contributed by atoms with Crippen LogP contribution in [0.15, 0.2) is 18.3 Å². The molecule has 1 fully saturated rings. The molecule has 0 spiro atoms. The van der Waals surface area contributed by atoms with Crippen molar-refractivity contribution in [3.05, 3.63) is 23.9 Å². The van der Waals surface area contributed by atoms with E-state index < -0.39 is 0 Å². The fourth-order valence-corrected chi connectivity index (χ4v) is 2.69. The number of pyridine rings is 1. The Balaban J connectivity index is 2.03. The van der Waals surface area contributed by atoms with Gasteiger partial charge in [-0.05, 0) is 43.9 Å². The normalized spacial score (nSPS) is 20.1. The molecule has 0 bridgehead atoms. The fourth-order valence-electron chi connectivity index (χ4n) is 2.69. The third-order valence-corrected chi connectivity index (χ3v) is 3.78. The summed E-state index contributed by atoms with van der Waals surface area (Å²) < 4.78 is 0. The Kier molecular flexibility index (Phi) is 5.00. The van der Waals surface area contributed by atoms with Gasteiger partial charge in [-0.15, -0.1) is 0 Å². The molecule has 1 aliphatic heterocycles. The maximum Gasteiger partial charge on any atom is 0.128 e. The molecule has 100 valence electrons. The summed E-state index contributed by atoms with van der Waals surface area (Å²) in [6.45, 7) is 7.49. The van der Waals surface area contributed by atoms with Gasteiger partial charge in [-0.1, -0.05) is 19.9 Å². The van der Waals surface area contributed by atoms with E-state index in [-0.39, 0.29) is 0 Å². The Morgan fingerprint density at radius 2 is 2.22 bits per heavy atom. The van der Waals surface area contributed by atoms with Crippen molar-refractivity contribution in [1.29, 1.82) is 0 Å². The van der Waals surface area contributed by atoms with E-state index >= 15 is 0 Å². The van der Waals surface area contributed by atoms with Crippen LogP contribution >= 0.6 is 0 Å². The average molecular weight is 247 g/mol. The van der Waals surface area contributed by atoms with E-state index in [0.717, 1.165) is 25.5 Å². The van der Waals surface area contributed by atoms with E-state index in [0.29, 0.717) is 6.04 Å². The number of hydrogen-bond donors (Lipinski definition) is 1. The molecule has 3 heteroatoms. The molecule has 0 aromatic carbocycles. The summed E-state index contributed by atoms with van der Waals surface area (Å²) in [5, 5.41) is 3.33. The zero-order chi connectivity index (χ0) is 12.8. The van der Waals surface area contributed by atoms with Crippen LogP contribution in [-0.4, -0.2) is 24.1 Å². The van der Waals surface area contributed by atoms with Crippen LogP contribution in [0.25, 0.3) is 0 Å². The predicted octanol–water partition coefficient (Wildman–Crippen LogP) is 2.96. The first-order valence-corrected chi connectivity index (χ1v) is 7.27. The van der Waals surface area contributed by atoms with E-state index in [9.17, 15) is 0 Å². The minimum absolute atomic E-state index is 0.686. The lowest BCUT2D eigenvalue weighted by atomic mass is 10.00. The van der Waals surface area contributed by atoms with Gasteiger partial charge in [0.25, 0.3) is 0 Å². The first-order valence-electron chi connectivity index (χ1n) is 7.27. The van der Waals surface area contributed by atoms with Crippen molar-refractivity contribution in [3.8, 4) is 0 Å². The number of aromatic nitrogens is 1. The largest absolute Gasteiger partial charge is 0.354 e. The molecule has 1 unspecified atom stereocenters. The highest BCUT2D eigenvalue weighted by atomic mass is 15.2. The highest BCUT2D eigenvalue weighted by Gasteiger charge is 2.21. The van der Waals surface area contributed by atoms with E-state index in [1.165, 1.54) is 31.2 Å². The van der Waals surface area contributed by atoms with Crippen molar-refractivity contribution in [2.45, 2.75) is 52.1 Å². The van der Waals surface area contributed by atoms with Crippen LogP contribution in [0.3, 0.4) is 0 Å². The zero-order valence-corrected chi connectivity index (χ0v) is 11.7. The molecule has 1 N–H and O–H groups in total. The third kappa shape index (κ3) is 3.22. The second-order valence-corrected chi connectivity index (χ2v) is 5.06. The molecule has 1 aromatic heterocycles. The van der Waals surface area contributed by atoms with Crippen molar-refractivity contribution in [1.82, 2.24) is 10.3 Å². The molecule has 1 aromatic rings. The van der Waals surface area contributed by atoms with E-state index in [2.05, 4.69) is 41.2 Å². The third-order valence-electron chi connectivity index (χ3n) is 3.78. The van der Waals surface area contributed by atoms with Gasteiger partial charge in [-0.25, -0.2) is 4.98 Å². The van der Waals surface area contributed by atoms with E-state index in [1.54, 1.807) is 0 Å². The Bertz CT molecular complexity index is 347. The smallest absolute Gasteiger partial charge is 0.128 e. The molecule has 0 amide bonds. The molecule has 3 nitrogen and oxygen atoms in total. The highest BCUT2D eigenvalue weighted by Crippen LogP contribution is 2.24. The summed E-state index contributed by atoms with van der Waals surface area (Å²) in [4.78, 5) is 7.13. The summed E-state index contributed by atoms with van der Waals surface area (Å²) >= 11 is 0. The topological polar surface area (TPSA) is 28.2 Å². The van der Waals surface area contributed by atoms with Gasteiger partial charge in [0.15, 0.2) is 0 Å². The number of piperidine rings is 1. The summed E-state index contributed by atoms with van der Waals surface area (Å²) in [6, 6.07) is 5.07. The summed E-state index contributed by atoms with van der Waals surface area (Å²) in [5.41, 5.74) is 1.27. The lowest BCUT2D eigenvalue weighted by Crippen LogP contribution is -2.39. The first kappa shape index (κ1) is 13.3. The maximum absolute atomic E-state index is 4.64. The Morgan fingerprint density at radius 3 is 2.89 bits per heavy atom. The second-order valence-electron chi connectivity index (χ2n) is 5.06. The van der Waals surface area contributed by atoms with Crippen LogP contribution in [0.4, 0.5) is 5.82 Å². The van der Waals surface area contributed by atoms with Crippen LogP contribution < -0.4 is 10.2 Å². The summed E-state index contributed by atoms with van der Waals surface area (Å²) in [7, 11) is 0. The zero-order valence-electron chi connectivity index (χ0n) is 11.7. The van der Waals surface area contributed by atoms with Gasteiger partial charge in [-0.2, -0.15) is 0 Å². The van der Waals surface area contributed by atoms with Gasteiger partial charge >= 0.3 is 0 Å². The van der Waals surface area contributed by atoms with Crippen molar-refractivity contribution >= 4 is 5.82 Å². The van der Waals surface area contributed by atoms with E-state index in [4.69, 9.17) is 0 Å². The average Bonchev–Trinajstić information content (AvgIpc) is 2.45. The summed E-state index contributed by atoms with van der Waals surface area (Å²) in [5.74, 6) is 1.15.